The van der Waals surface area contributed by atoms with Crippen LogP contribution in [0.3, 0.4) is 0 Å². The van der Waals surface area contributed by atoms with Crippen LogP contribution < -0.4 is 0 Å². The maximum atomic E-state index is 11.9. The number of hydrogen-bond acceptors (Lipinski definition) is 3. The van der Waals surface area contributed by atoms with Crippen LogP contribution in [-0.2, 0) is 9.53 Å². The fraction of sp³-hybridized carbons (Fsp3) is 0.385. The molecule has 0 amide bonds. The van der Waals surface area contributed by atoms with Gasteiger partial charge in [0, 0.05) is 17.0 Å². The minimum atomic E-state index is -1.12. The first kappa shape index (κ1) is 15.9. The molecule has 0 aliphatic heterocycles. The van der Waals surface area contributed by atoms with Crippen molar-refractivity contribution in [3.05, 3.63) is 33.8 Å². The summed E-state index contributed by atoms with van der Waals surface area (Å²) >= 11 is 23.4. The Balaban J connectivity index is 2.00. The van der Waals surface area contributed by atoms with Crippen molar-refractivity contribution in [1.82, 2.24) is 0 Å². The normalized spacial score (nSPS) is 23.2. The van der Waals surface area contributed by atoms with Crippen LogP contribution in [0.25, 0.3) is 0 Å². The number of hydrogen-bond donors (Lipinski definition) is 0. The highest BCUT2D eigenvalue weighted by Gasteiger charge is 2.69. The Bertz CT molecular complexity index is 585. The Morgan fingerprint density at radius 2 is 1.90 bits per heavy atom. The van der Waals surface area contributed by atoms with E-state index in [-0.39, 0.29) is 10.6 Å². The van der Waals surface area contributed by atoms with E-state index in [1.165, 1.54) is 12.1 Å². The summed E-state index contributed by atoms with van der Waals surface area (Å²) in [6.45, 7) is 1.16. The summed E-state index contributed by atoms with van der Waals surface area (Å²) in [5.41, 5.74) is -0.759. The number of ether oxygens (including phenoxy) is 1. The smallest absolute Gasteiger partial charge is 0.315 e. The molecule has 0 bridgehead atoms. The fourth-order valence-corrected chi connectivity index (χ4v) is 2.78. The van der Waals surface area contributed by atoms with E-state index in [2.05, 4.69) is 0 Å². The minimum absolute atomic E-state index is 0.205. The Morgan fingerprint density at radius 3 is 2.45 bits per heavy atom. The van der Waals surface area contributed by atoms with Crippen LogP contribution in [0.1, 0.15) is 23.7 Å². The van der Waals surface area contributed by atoms with Gasteiger partial charge in [0.25, 0.3) is 0 Å². The lowest BCUT2D eigenvalue weighted by atomic mass is 10.1. The molecule has 1 aromatic carbocycles. The predicted octanol–water partition coefficient (Wildman–Crippen LogP) is 4.30. The van der Waals surface area contributed by atoms with Crippen LogP contribution in [0.4, 0.5) is 0 Å². The minimum Gasteiger partial charge on any atom is -0.457 e. The van der Waals surface area contributed by atoms with Gasteiger partial charge in [-0.1, -0.05) is 23.2 Å². The summed E-state index contributed by atoms with van der Waals surface area (Å²) in [4.78, 5) is 23.8. The average molecular weight is 356 g/mol. The molecule has 1 fully saturated rings. The van der Waals surface area contributed by atoms with E-state index in [9.17, 15) is 9.59 Å². The van der Waals surface area contributed by atoms with E-state index < -0.39 is 28.1 Å². The summed E-state index contributed by atoms with van der Waals surface area (Å²) in [5, 5.41) is 0.621. The molecule has 0 spiro atoms. The van der Waals surface area contributed by atoms with Gasteiger partial charge in [0.05, 0.1) is 5.02 Å². The molecule has 2 rings (SSSR count). The number of esters is 1. The fourth-order valence-electron chi connectivity index (χ4n) is 1.70. The largest absolute Gasteiger partial charge is 0.457 e. The Morgan fingerprint density at radius 1 is 1.30 bits per heavy atom. The lowest BCUT2D eigenvalue weighted by Crippen LogP contribution is -2.24. The quantitative estimate of drug-likeness (QED) is 0.459. The Hall–Kier alpha value is -0.480. The van der Waals surface area contributed by atoms with Crippen LogP contribution in [0.2, 0.25) is 10.0 Å². The van der Waals surface area contributed by atoms with Crippen LogP contribution in [-0.4, -0.2) is 22.7 Å². The van der Waals surface area contributed by atoms with Crippen LogP contribution >= 0.6 is 46.4 Å². The molecular formula is C13H10Cl4O3. The number of rotatable bonds is 4. The predicted molar refractivity (Wildman–Crippen MR) is 78.9 cm³/mol. The van der Waals surface area contributed by atoms with E-state index in [4.69, 9.17) is 51.1 Å². The van der Waals surface area contributed by atoms with Crippen molar-refractivity contribution >= 4 is 58.2 Å². The lowest BCUT2D eigenvalue weighted by Gasteiger charge is -2.11. The Labute approximate surface area is 136 Å². The van der Waals surface area contributed by atoms with E-state index >= 15 is 0 Å². The van der Waals surface area contributed by atoms with Gasteiger partial charge >= 0.3 is 5.97 Å². The number of alkyl halides is 2. The highest BCUT2D eigenvalue weighted by molar-refractivity contribution is 6.53. The lowest BCUT2D eigenvalue weighted by molar-refractivity contribution is -0.148. The topological polar surface area (TPSA) is 43.4 Å². The van der Waals surface area contributed by atoms with Gasteiger partial charge < -0.3 is 4.74 Å². The van der Waals surface area contributed by atoms with E-state index in [1.807, 2.05) is 0 Å². The zero-order chi connectivity index (χ0) is 15.1. The van der Waals surface area contributed by atoms with Crippen molar-refractivity contribution in [2.45, 2.75) is 17.7 Å². The third-order valence-corrected chi connectivity index (χ3v) is 4.94. The molecule has 7 heteroatoms. The molecule has 1 saturated carbocycles. The van der Waals surface area contributed by atoms with E-state index in [0.29, 0.717) is 11.4 Å². The molecule has 1 unspecified atom stereocenters. The summed E-state index contributed by atoms with van der Waals surface area (Å²) in [5.74, 6) is -1.04. The maximum Gasteiger partial charge on any atom is 0.315 e. The van der Waals surface area contributed by atoms with Crippen molar-refractivity contribution in [2.24, 2.45) is 5.41 Å². The van der Waals surface area contributed by atoms with Crippen molar-refractivity contribution in [3.63, 3.8) is 0 Å². The molecular weight excluding hydrogens is 346 g/mol. The second-order valence-electron chi connectivity index (χ2n) is 4.84. The van der Waals surface area contributed by atoms with E-state index in [0.717, 1.165) is 0 Å². The zero-order valence-corrected chi connectivity index (χ0v) is 13.4. The number of carbonyl (C=O) groups excluding carboxylic acids is 2. The maximum absolute atomic E-state index is 11.9. The van der Waals surface area contributed by atoms with E-state index in [1.54, 1.807) is 13.0 Å². The molecule has 108 valence electrons. The first-order chi connectivity index (χ1) is 9.17. The summed E-state index contributed by atoms with van der Waals surface area (Å²) in [6.07, 6.45) is 0.300. The molecule has 0 N–H and O–H groups in total. The molecule has 20 heavy (non-hydrogen) atoms. The molecule has 1 atom stereocenters. The number of halogens is 4. The standard InChI is InChI=1S/C13H10Cl4O3/c1-12(6-13(12,16)17)11(19)20-5-10(18)8-4-7(14)2-3-9(8)15/h2-4H,5-6H2,1H3. The van der Waals surface area contributed by atoms with Gasteiger partial charge in [-0.05, 0) is 25.1 Å². The van der Waals surface area contributed by atoms with Crippen molar-refractivity contribution in [1.29, 1.82) is 0 Å². The second kappa shape index (κ2) is 5.38. The van der Waals surface area contributed by atoms with Gasteiger partial charge in [0.1, 0.15) is 9.75 Å². The molecule has 0 radical (unpaired) electrons. The number of Topliss-reactive ketones (excluding diaryl/α,β-unsaturated/α-hetero) is 1. The molecule has 0 aromatic heterocycles. The third-order valence-electron chi connectivity index (χ3n) is 3.27. The number of carbonyl (C=O) groups is 2. The number of ketones is 1. The van der Waals surface area contributed by atoms with Gasteiger partial charge in [0.15, 0.2) is 6.61 Å². The summed E-state index contributed by atoms with van der Waals surface area (Å²) in [6, 6.07) is 4.49. The van der Waals surface area contributed by atoms with Crippen molar-refractivity contribution in [3.8, 4) is 0 Å². The molecule has 1 aromatic rings. The van der Waals surface area contributed by atoms with Crippen LogP contribution in [0.15, 0.2) is 18.2 Å². The monoisotopic (exact) mass is 354 g/mol. The highest BCUT2D eigenvalue weighted by atomic mass is 35.5. The van der Waals surface area contributed by atoms with Gasteiger partial charge in [0.2, 0.25) is 5.78 Å². The van der Waals surface area contributed by atoms with Gasteiger partial charge in [-0.2, -0.15) is 0 Å². The van der Waals surface area contributed by atoms with Gasteiger partial charge in [-0.15, -0.1) is 23.2 Å². The van der Waals surface area contributed by atoms with Crippen LogP contribution in [0.5, 0.6) is 0 Å². The Kier molecular flexibility index (Phi) is 4.27. The van der Waals surface area contributed by atoms with Crippen LogP contribution in [0, 0.1) is 5.41 Å². The second-order valence-corrected chi connectivity index (χ2v) is 7.16. The summed E-state index contributed by atoms with van der Waals surface area (Å²) in [7, 11) is 0. The first-order valence-corrected chi connectivity index (χ1v) is 7.22. The zero-order valence-electron chi connectivity index (χ0n) is 10.4. The third kappa shape index (κ3) is 2.91. The summed E-state index contributed by atoms with van der Waals surface area (Å²) < 4.78 is 3.83. The van der Waals surface area contributed by atoms with Crippen molar-refractivity contribution in [2.75, 3.05) is 6.61 Å². The van der Waals surface area contributed by atoms with Gasteiger partial charge in [-0.25, -0.2) is 0 Å². The molecule has 1 aliphatic carbocycles. The average Bonchev–Trinajstić information content (AvgIpc) is 2.89. The molecule has 0 heterocycles. The molecule has 1 aliphatic rings. The number of benzene rings is 1. The highest BCUT2D eigenvalue weighted by Crippen LogP contribution is 2.64. The first-order valence-electron chi connectivity index (χ1n) is 5.71. The molecule has 0 saturated heterocycles. The van der Waals surface area contributed by atoms with Gasteiger partial charge in [-0.3, -0.25) is 9.59 Å². The SMILES string of the molecule is CC1(C(=O)OCC(=O)c2cc(Cl)ccc2Cl)CC1(Cl)Cl. The molecule has 3 nitrogen and oxygen atoms in total. The van der Waals surface area contributed by atoms with Crippen molar-refractivity contribution < 1.29 is 14.3 Å².